The van der Waals surface area contributed by atoms with Crippen LogP contribution in [0.15, 0.2) is 29.7 Å². The van der Waals surface area contributed by atoms with Gasteiger partial charge in [0.1, 0.15) is 11.6 Å². The lowest BCUT2D eigenvalue weighted by Crippen LogP contribution is -2.31. The highest BCUT2D eigenvalue weighted by atomic mass is 35.5. The molecule has 0 saturated carbocycles. The summed E-state index contributed by atoms with van der Waals surface area (Å²) in [5.41, 5.74) is 0.305. The highest BCUT2D eigenvalue weighted by Gasteiger charge is 2.41. The smallest absolute Gasteiger partial charge is 0.247 e. The van der Waals surface area contributed by atoms with Gasteiger partial charge in [-0.3, -0.25) is 14.7 Å². The van der Waals surface area contributed by atoms with Crippen molar-refractivity contribution in [2.45, 2.75) is 16.8 Å². The summed E-state index contributed by atoms with van der Waals surface area (Å²) >= 11 is 13.1. The molecule has 1 fully saturated rings. The molecule has 2 heterocycles. The molecule has 1 aliphatic rings. The maximum Gasteiger partial charge on any atom is 0.247 e. The molecule has 2 amide bonds. The molecule has 0 spiro atoms. The maximum absolute atomic E-state index is 12.4. The molecule has 108 valence electrons. The van der Waals surface area contributed by atoms with Crippen LogP contribution in [-0.2, 0) is 9.59 Å². The van der Waals surface area contributed by atoms with Gasteiger partial charge >= 0.3 is 0 Å². The topological polar surface area (TPSA) is 79.0 Å². The number of nitrogens with one attached hydrogen (secondary N) is 1. The van der Waals surface area contributed by atoms with Gasteiger partial charge in [-0.25, -0.2) is 9.88 Å². The van der Waals surface area contributed by atoms with Crippen LogP contribution in [0.4, 0.5) is 5.69 Å². The first kappa shape index (κ1) is 14.4. The molecule has 0 unspecified atom stereocenters. The van der Waals surface area contributed by atoms with Crippen LogP contribution < -0.4 is 4.90 Å². The lowest BCUT2D eigenvalue weighted by Gasteiger charge is -2.16. The zero-order valence-corrected chi connectivity index (χ0v) is 12.7. The van der Waals surface area contributed by atoms with Crippen molar-refractivity contribution in [1.29, 1.82) is 0 Å². The van der Waals surface area contributed by atoms with Gasteiger partial charge in [0.25, 0.3) is 0 Å². The second-order valence-corrected chi connectivity index (χ2v) is 6.30. The van der Waals surface area contributed by atoms with Gasteiger partial charge in [0, 0.05) is 11.4 Å². The molecule has 9 heteroatoms. The Kier molecular flexibility index (Phi) is 3.88. The number of carbonyl (C=O) groups is 2. The molecule has 21 heavy (non-hydrogen) atoms. The monoisotopic (exact) mass is 342 g/mol. The minimum Gasteiger partial charge on any atom is -0.274 e. The largest absolute Gasteiger partial charge is 0.274 e. The first-order chi connectivity index (χ1) is 10.1. The fourth-order valence-electron chi connectivity index (χ4n) is 1.99. The number of halogens is 2. The summed E-state index contributed by atoms with van der Waals surface area (Å²) in [5, 5.41) is 6.99. The minimum absolute atomic E-state index is 0.0764. The van der Waals surface area contributed by atoms with Gasteiger partial charge in [-0.2, -0.15) is 5.10 Å². The van der Waals surface area contributed by atoms with Crippen molar-refractivity contribution in [3.8, 4) is 0 Å². The number of H-pyrrole nitrogens is 1. The number of aromatic amines is 1. The van der Waals surface area contributed by atoms with Crippen LogP contribution in [-0.4, -0.2) is 32.2 Å². The Morgan fingerprint density at radius 1 is 1.33 bits per heavy atom. The molecule has 0 radical (unpaired) electrons. The number of hydrogen-bond donors (Lipinski definition) is 1. The third kappa shape index (κ3) is 2.76. The van der Waals surface area contributed by atoms with Crippen LogP contribution >= 0.6 is 35.0 Å². The van der Waals surface area contributed by atoms with Crippen molar-refractivity contribution in [2.75, 3.05) is 4.90 Å². The summed E-state index contributed by atoms with van der Waals surface area (Å²) in [6.45, 7) is 0. The summed E-state index contributed by atoms with van der Waals surface area (Å²) in [5.74, 6) is -0.660. The highest BCUT2D eigenvalue weighted by molar-refractivity contribution is 8.00. The van der Waals surface area contributed by atoms with Crippen molar-refractivity contribution >= 4 is 52.5 Å². The van der Waals surface area contributed by atoms with Gasteiger partial charge in [-0.15, -0.1) is 0 Å². The Morgan fingerprint density at radius 2 is 2.14 bits per heavy atom. The van der Waals surface area contributed by atoms with Gasteiger partial charge in [0.05, 0.1) is 10.7 Å². The van der Waals surface area contributed by atoms with Gasteiger partial charge in [0.2, 0.25) is 11.8 Å². The van der Waals surface area contributed by atoms with E-state index in [0.717, 1.165) is 16.7 Å². The number of imide groups is 1. The third-order valence-electron chi connectivity index (χ3n) is 2.90. The molecule has 2 aromatic rings. The quantitative estimate of drug-likeness (QED) is 0.867. The summed E-state index contributed by atoms with van der Waals surface area (Å²) in [6.07, 6.45) is 1.42. The van der Waals surface area contributed by atoms with Gasteiger partial charge < -0.3 is 0 Å². The maximum atomic E-state index is 12.4. The number of thioether (sulfide) groups is 1. The fourth-order valence-corrected chi connectivity index (χ4v) is 3.28. The second-order valence-electron chi connectivity index (χ2n) is 4.26. The van der Waals surface area contributed by atoms with E-state index in [1.807, 2.05) is 0 Å². The SMILES string of the molecule is O=C1C[C@@H](Sc2ncn[nH]2)C(=O)N1c1cc(Cl)ccc1Cl. The minimum atomic E-state index is -0.555. The highest BCUT2D eigenvalue weighted by Crippen LogP contribution is 2.36. The van der Waals surface area contributed by atoms with Crippen LogP contribution in [0.2, 0.25) is 10.0 Å². The normalized spacial score (nSPS) is 18.6. The summed E-state index contributed by atoms with van der Waals surface area (Å²) in [7, 11) is 0. The van der Waals surface area contributed by atoms with Crippen LogP contribution in [0.1, 0.15) is 6.42 Å². The van der Waals surface area contributed by atoms with Crippen molar-refractivity contribution in [1.82, 2.24) is 15.2 Å². The number of anilines is 1. The molecule has 1 aromatic carbocycles. The van der Waals surface area contributed by atoms with E-state index in [1.165, 1.54) is 12.4 Å². The number of nitrogens with zero attached hydrogens (tertiary/aromatic N) is 3. The molecule has 1 saturated heterocycles. The molecule has 1 aliphatic heterocycles. The Bertz CT molecular complexity index is 707. The van der Waals surface area contributed by atoms with E-state index in [2.05, 4.69) is 15.2 Å². The van der Waals surface area contributed by atoms with Gasteiger partial charge in [-0.1, -0.05) is 35.0 Å². The van der Waals surface area contributed by atoms with Crippen LogP contribution in [0, 0.1) is 0 Å². The standard InChI is InChI=1S/C12H8Cl2N4O2S/c13-6-1-2-7(14)8(3-6)18-10(19)4-9(11(18)20)21-12-15-5-16-17-12/h1-3,5,9H,4H2,(H,15,16,17)/t9-/m1/s1. The molecule has 6 nitrogen and oxygen atoms in total. The zero-order valence-electron chi connectivity index (χ0n) is 10.4. The van der Waals surface area contributed by atoms with Crippen molar-refractivity contribution in [2.24, 2.45) is 0 Å². The average molecular weight is 343 g/mol. The van der Waals surface area contributed by atoms with E-state index in [9.17, 15) is 9.59 Å². The van der Waals surface area contributed by atoms with Crippen molar-refractivity contribution in [3.63, 3.8) is 0 Å². The zero-order chi connectivity index (χ0) is 15.0. The van der Waals surface area contributed by atoms with E-state index in [4.69, 9.17) is 23.2 Å². The summed E-state index contributed by atoms with van der Waals surface area (Å²) in [6, 6.07) is 4.65. The predicted octanol–water partition coefficient (Wildman–Crippen LogP) is 2.54. The average Bonchev–Trinajstić information content (AvgIpc) is 3.03. The molecule has 0 aliphatic carbocycles. The van der Waals surface area contributed by atoms with E-state index in [-0.39, 0.29) is 18.2 Å². The number of hydrogen-bond acceptors (Lipinski definition) is 5. The lowest BCUT2D eigenvalue weighted by atomic mass is 10.3. The van der Waals surface area contributed by atoms with Gasteiger partial charge in [0.15, 0.2) is 5.16 Å². The third-order valence-corrected chi connectivity index (χ3v) is 4.53. The van der Waals surface area contributed by atoms with Crippen LogP contribution in [0.5, 0.6) is 0 Å². The molecule has 0 bridgehead atoms. The van der Waals surface area contributed by atoms with Gasteiger partial charge in [-0.05, 0) is 18.2 Å². The number of rotatable bonds is 3. The first-order valence-corrected chi connectivity index (χ1v) is 7.53. The summed E-state index contributed by atoms with van der Waals surface area (Å²) < 4.78 is 0. The van der Waals surface area contributed by atoms with Crippen LogP contribution in [0.25, 0.3) is 0 Å². The summed E-state index contributed by atoms with van der Waals surface area (Å²) in [4.78, 5) is 29.6. The van der Waals surface area contributed by atoms with Crippen molar-refractivity contribution in [3.05, 3.63) is 34.6 Å². The first-order valence-electron chi connectivity index (χ1n) is 5.90. The Morgan fingerprint density at radius 3 is 2.86 bits per heavy atom. The second kappa shape index (κ2) is 5.67. The predicted molar refractivity (Wildman–Crippen MR) is 79.6 cm³/mol. The van der Waals surface area contributed by atoms with E-state index in [1.54, 1.807) is 12.1 Å². The van der Waals surface area contributed by atoms with Crippen LogP contribution in [0.3, 0.4) is 0 Å². The molecule has 3 rings (SSSR count). The Balaban J connectivity index is 1.88. The molecular formula is C12H8Cl2N4O2S. The fraction of sp³-hybridized carbons (Fsp3) is 0.167. The molecule has 1 N–H and O–H groups in total. The van der Waals surface area contributed by atoms with Crippen molar-refractivity contribution < 1.29 is 9.59 Å². The molecular weight excluding hydrogens is 335 g/mol. The molecule has 1 aromatic heterocycles. The van der Waals surface area contributed by atoms with E-state index in [0.29, 0.717) is 20.9 Å². The number of carbonyl (C=O) groups excluding carboxylic acids is 2. The molecule has 1 atom stereocenters. The van der Waals surface area contributed by atoms with E-state index < -0.39 is 5.25 Å². The Labute approximate surface area is 133 Å². The number of aromatic nitrogens is 3. The van der Waals surface area contributed by atoms with E-state index >= 15 is 0 Å². The Hall–Kier alpha value is -1.57. The number of benzene rings is 1. The number of amides is 2. The lowest BCUT2D eigenvalue weighted by molar-refractivity contribution is -0.121.